The molecule has 0 atom stereocenters. The third kappa shape index (κ3) is 2.65. The minimum atomic E-state index is 0.572. The second kappa shape index (κ2) is 6.21. The van der Waals surface area contributed by atoms with Gasteiger partial charge in [-0.15, -0.1) is 5.10 Å². The zero-order valence-electron chi connectivity index (χ0n) is 13.2. The van der Waals surface area contributed by atoms with Gasteiger partial charge >= 0.3 is 0 Å². The largest absolute Gasteiger partial charge is 0.383 e. The van der Waals surface area contributed by atoms with Gasteiger partial charge in [-0.3, -0.25) is 0 Å². The lowest BCUT2D eigenvalue weighted by molar-refractivity contribution is 0.210. The molecule has 0 bridgehead atoms. The fourth-order valence-electron chi connectivity index (χ4n) is 2.60. The van der Waals surface area contributed by atoms with Gasteiger partial charge in [-0.05, 0) is 24.3 Å². The smallest absolute Gasteiger partial charge is 0.241 e. The lowest BCUT2D eigenvalue weighted by atomic mass is 10.1. The molecule has 0 unspecified atom stereocenters. The van der Waals surface area contributed by atoms with E-state index in [1.807, 2.05) is 41.3 Å². The molecule has 4 aromatic rings. The van der Waals surface area contributed by atoms with Crippen LogP contribution in [0.5, 0.6) is 0 Å². The van der Waals surface area contributed by atoms with Gasteiger partial charge in [0.05, 0.1) is 18.3 Å². The molecule has 0 aliphatic rings. The van der Waals surface area contributed by atoms with Crippen molar-refractivity contribution in [3.8, 4) is 11.1 Å². The molecule has 0 saturated carbocycles. The molecular weight excluding hydrogens is 304 g/mol. The Morgan fingerprint density at radius 3 is 3.04 bits per heavy atom. The summed E-state index contributed by atoms with van der Waals surface area (Å²) in [4.78, 5) is 13.0. The van der Waals surface area contributed by atoms with Gasteiger partial charge in [0.15, 0.2) is 5.65 Å². The van der Waals surface area contributed by atoms with E-state index in [9.17, 15) is 0 Å². The molecule has 0 aromatic carbocycles. The monoisotopic (exact) mass is 320 g/mol. The zero-order valence-corrected chi connectivity index (χ0v) is 13.2. The van der Waals surface area contributed by atoms with Crippen molar-refractivity contribution in [2.24, 2.45) is 0 Å². The first-order valence-electron chi connectivity index (χ1n) is 7.63. The number of nitrogens with one attached hydrogen (secondary N) is 1. The van der Waals surface area contributed by atoms with E-state index in [4.69, 9.17) is 4.74 Å². The first kappa shape index (κ1) is 14.5. The summed E-state index contributed by atoms with van der Waals surface area (Å²) in [6.07, 6.45) is 7.30. The van der Waals surface area contributed by atoms with Gasteiger partial charge in [-0.2, -0.15) is 0 Å². The van der Waals surface area contributed by atoms with Crippen LogP contribution in [0.3, 0.4) is 0 Å². The fraction of sp³-hybridized carbons (Fsp3) is 0.176. The van der Waals surface area contributed by atoms with Gasteiger partial charge in [0.1, 0.15) is 0 Å². The van der Waals surface area contributed by atoms with E-state index in [0.29, 0.717) is 19.1 Å². The van der Waals surface area contributed by atoms with Gasteiger partial charge < -0.3 is 10.1 Å². The highest BCUT2D eigenvalue weighted by molar-refractivity contribution is 5.86. The number of rotatable bonds is 5. The van der Waals surface area contributed by atoms with Gasteiger partial charge in [-0.1, -0.05) is 0 Å². The van der Waals surface area contributed by atoms with Crippen molar-refractivity contribution in [2.75, 3.05) is 25.6 Å². The lowest BCUT2D eigenvalue weighted by Crippen LogP contribution is -2.11. The fourth-order valence-corrected chi connectivity index (χ4v) is 2.60. The number of ether oxygens (including phenoxy) is 1. The third-order valence-corrected chi connectivity index (χ3v) is 3.77. The summed E-state index contributed by atoms with van der Waals surface area (Å²) in [5.41, 5.74) is 3.72. The number of nitrogens with zero attached hydrogens (tertiary/aromatic N) is 5. The Balaban J connectivity index is 1.70. The number of methoxy groups -OCH3 is 1. The van der Waals surface area contributed by atoms with Crippen molar-refractivity contribution in [1.82, 2.24) is 24.6 Å². The summed E-state index contributed by atoms with van der Waals surface area (Å²) in [7, 11) is 1.66. The Kier molecular flexibility index (Phi) is 3.76. The molecule has 0 amide bonds. The average Bonchev–Trinajstić information content (AvgIpc) is 3.05. The standard InChI is InChI=1S/C17H16N6O/c1-24-8-6-19-17-21-11-15-14(4-7-23(15)22-17)13-9-12-3-2-5-18-16(12)20-10-13/h2-5,7,9-11H,6,8H2,1H3,(H,19,22). The molecule has 0 spiro atoms. The summed E-state index contributed by atoms with van der Waals surface area (Å²) in [5.74, 6) is 0.572. The van der Waals surface area contributed by atoms with Crippen LogP contribution in [-0.2, 0) is 4.74 Å². The summed E-state index contributed by atoms with van der Waals surface area (Å²) < 4.78 is 6.82. The van der Waals surface area contributed by atoms with Crippen molar-refractivity contribution in [3.05, 3.63) is 49.1 Å². The minimum Gasteiger partial charge on any atom is -0.383 e. The second-order valence-corrected chi connectivity index (χ2v) is 5.33. The number of pyridine rings is 2. The molecule has 4 rings (SSSR count). The summed E-state index contributed by atoms with van der Waals surface area (Å²) in [5, 5.41) is 8.59. The Morgan fingerprint density at radius 1 is 1.17 bits per heavy atom. The first-order valence-corrected chi connectivity index (χ1v) is 7.63. The number of hydrogen-bond acceptors (Lipinski definition) is 6. The number of hydrogen-bond donors (Lipinski definition) is 1. The van der Waals surface area contributed by atoms with E-state index in [1.165, 1.54) is 0 Å². The molecular formula is C17H16N6O. The molecule has 1 N–H and O–H groups in total. The van der Waals surface area contributed by atoms with E-state index >= 15 is 0 Å². The van der Waals surface area contributed by atoms with Gasteiger partial charge in [0.25, 0.3) is 0 Å². The maximum atomic E-state index is 5.01. The van der Waals surface area contributed by atoms with Crippen LogP contribution in [0.4, 0.5) is 5.95 Å². The highest BCUT2D eigenvalue weighted by Gasteiger charge is 2.09. The van der Waals surface area contributed by atoms with E-state index in [1.54, 1.807) is 13.3 Å². The Labute approximate surface area is 138 Å². The number of aromatic nitrogens is 5. The van der Waals surface area contributed by atoms with Crippen LogP contribution in [-0.4, -0.2) is 44.8 Å². The topological polar surface area (TPSA) is 77.2 Å². The quantitative estimate of drug-likeness (QED) is 0.569. The van der Waals surface area contributed by atoms with E-state index in [0.717, 1.165) is 27.7 Å². The molecule has 7 heteroatoms. The molecule has 0 fully saturated rings. The normalized spacial score (nSPS) is 11.2. The predicted molar refractivity (Wildman–Crippen MR) is 91.9 cm³/mol. The van der Waals surface area contributed by atoms with Gasteiger partial charge in [0.2, 0.25) is 5.95 Å². The second-order valence-electron chi connectivity index (χ2n) is 5.33. The van der Waals surface area contributed by atoms with E-state index < -0.39 is 0 Å². The van der Waals surface area contributed by atoms with Crippen LogP contribution in [0, 0.1) is 0 Å². The van der Waals surface area contributed by atoms with Crippen molar-refractivity contribution >= 4 is 22.5 Å². The van der Waals surface area contributed by atoms with Gasteiger partial charge in [-0.25, -0.2) is 19.5 Å². The molecule has 4 aromatic heterocycles. The molecule has 120 valence electrons. The minimum absolute atomic E-state index is 0.572. The van der Waals surface area contributed by atoms with Crippen molar-refractivity contribution in [1.29, 1.82) is 0 Å². The number of anilines is 1. The average molecular weight is 320 g/mol. The molecule has 0 saturated heterocycles. The molecule has 24 heavy (non-hydrogen) atoms. The van der Waals surface area contributed by atoms with E-state index in [2.05, 4.69) is 31.4 Å². The number of fused-ring (bicyclic) bond motifs is 2. The van der Waals surface area contributed by atoms with Crippen molar-refractivity contribution in [2.45, 2.75) is 0 Å². The van der Waals surface area contributed by atoms with Crippen LogP contribution in [0.2, 0.25) is 0 Å². The first-order chi connectivity index (χ1) is 11.8. The molecule has 7 nitrogen and oxygen atoms in total. The maximum Gasteiger partial charge on any atom is 0.241 e. The summed E-state index contributed by atoms with van der Waals surface area (Å²) in [6, 6.07) is 8.01. The van der Waals surface area contributed by atoms with Crippen LogP contribution < -0.4 is 5.32 Å². The molecule has 4 heterocycles. The molecule has 0 radical (unpaired) electrons. The van der Waals surface area contributed by atoms with Crippen molar-refractivity contribution in [3.63, 3.8) is 0 Å². The van der Waals surface area contributed by atoms with Crippen LogP contribution in [0.15, 0.2) is 49.1 Å². The Morgan fingerprint density at radius 2 is 2.12 bits per heavy atom. The Hall–Kier alpha value is -3.06. The predicted octanol–water partition coefficient (Wildman–Crippen LogP) is 2.40. The molecule has 0 aliphatic heterocycles. The lowest BCUT2D eigenvalue weighted by Gasteiger charge is -2.05. The summed E-state index contributed by atoms with van der Waals surface area (Å²) in [6.45, 7) is 1.27. The highest BCUT2D eigenvalue weighted by atomic mass is 16.5. The maximum absolute atomic E-state index is 5.01. The molecule has 0 aliphatic carbocycles. The van der Waals surface area contributed by atoms with E-state index in [-0.39, 0.29) is 0 Å². The van der Waals surface area contributed by atoms with Gasteiger partial charge in [0, 0.05) is 48.8 Å². The van der Waals surface area contributed by atoms with Crippen LogP contribution in [0.1, 0.15) is 0 Å². The third-order valence-electron chi connectivity index (χ3n) is 3.77. The highest BCUT2D eigenvalue weighted by Crippen LogP contribution is 2.26. The Bertz CT molecular complexity index is 997. The van der Waals surface area contributed by atoms with Crippen LogP contribution >= 0.6 is 0 Å². The zero-order chi connectivity index (χ0) is 16.4. The SMILES string of the molecule is COCCNc1ncc2c(-c3cnc4ncccc4c3)ccn2n1. The van der Waals surface area contributed by atoms with Crippen molar-refractivity contribution < 1.29 is 4.74 Å². The summed E-state index contributed by atoms with van der Waals surface area (Å²) >= 11 is 0. The van der Waals surface area contributed by atoms with Crippen LogP contribution in [0.25, 0.3) is 27.7 Å².